The van der Waals surface area contributed by atoms with Crippen molar-refractivity contribution in [2.24, 2.45) is 5.16 Å². The van der Waals surface area contributed by atoms with E-state index < -0.39 is 0 Å². The van der Waals surface area contributed by atoms with Crippen LogP contribution in [0.3, 0.4) is 0 Å². The topological polar surface area (TPSA) is 70.9 Å². The zero-order valence-corrected chi connectivity index (χ0v) is 9.93. The fourth-order valence-corrected chi connectivity index (χ4v) is 1.26. The van der Waals surface area contributed by atoms with Crippen molar-refractivity contribution < 1.29 is 14.7 Å². The summed E-state index contributed by atoms with van der Waals surface area (Å²) in [4.78, 5) is 11.0. The number of oxime groups is 1. The molecule has 0 saturated carbocycles. The van der Waals surface area contributed by atoms with Crippen molar-refractivity contribution in [2.75, 3.05) is 13.7 Å². The van der Waals surface area contributed by atoms with Crippen LogP contribution < -0.4 is 10.1 Å². The van der Waals surface area contributed by atoms with Gasteiger partial charge >= 0.3 is 0 Å². The number of likely N-dealkylation sites (N-methyl/N-ethyl adjacent to an activating group) is 1. The highest BCUT2D eigenvalue weighted by atomic mass is 16.5. The first-order valence-electron chi connectivity index (χ1n) is 5.25. The Morgan fingerprint density at radius 1 is 1.41 bits per heavy atom. The Kier molecular flexibility index (Phi) is 5.00. The van der Waals surface area contributed by atoms with Gasteiger partial charge < -0.3 is 15.3 Å². The Morgan fingerprint density at radius 3 is 2.59 bits per heavy atom. The van der Waals surface area contributed by atoms with Crippen LogP contribution in [-0.2, 0) is 11.2 Å². The average Bonchev–Trinajstić information content (AvgIpc) is 2.37. The van der Waals surface area contributed by atoms with Gasteiger partial charge in [0.25, 0.3) is 5.91 Å². The molecule has 2 N–H and O–H groups in total. The van der Waals surface area contributed by atoms with Crippen molar-refractivity contribution >= 4 is 11.6 Å². The molecule has 0 saturated heterocycles. The summed E-state index contributed by atoms with van der Waals surface area (Å²) in [5.41, 5.74) is 1.66. The summed E-state index contributed by atoms with van der Waals surface area (Å²) in [5.74, 6) is 0.466. The molecule has 0 aromatic heterocycles. The van der Waals surface area contributed by atoms with Crippen molar-refractivity contribution in [3.05, 3.63) is 29.8 Å². The van der Waals surface area contributed by atoms with E-state index in [1.54, 1.807) is 26.1 Å². The van der Waals surface area contributed by atoms with Crippen LogP contribution in [0.1, 0.15) is 12.5 Å². The summed E-state index contributed by atoms with van der Waals surface area (Å²) in [6.45, 7) is 1.75. The van der Waals surface area contributed by atoms with Crippen LogP contribution >= 0.6 is 0 Å². The Labute approximate surface area is 100 Å². The van der Waals surface area contributed by atoms with Gasteiger partial charge in [-0.1, -0.05) is 17.3 Å². The van der Waals surface area contributed by atoms with Crippen LogP contribution in [0.15, 0.2) is 29.4 Å². The molecular weight excluding hydrogens is 220 g/mol. The number of hydrogen-bond acceptors (Lipinski definition) is 4. The molecule has 0 atom stereocenters. The number of hydrogen-bond donors (Lipinski definition) is 2. The third kappa shape index (κ3) is 4.55. The summed E-state index contributed by atoms with van der Waals surface area (Å²) >= 11 is 0. The van der Waals surface area contributed by atoms with Crippen LogP contribution in [0.5, 0.6) is 5.75 Å². The van der Waals surface area contributed by atoms with Gasteiger partial charge in [0.05, 0.1) is 5.71 Å². The second kappa shape index (κ2) is 6.52. The monoisotopic (exact) mass is 236 g/mol. The van der Waals surface area contributed by atoms with Gasteiger partial charge in [-0.25, -0.2) is 0 Å². The lowest BCUT2D eigenvalue weighted by Crippen LogP contribution is -2.24. The minimum atomic E-state index is -0.169. The molecule has 17 heavy (non-hydrogen) atoms. The fraction of sp³-hybridized carbons (Fsp3) is 0.333. The molecule has 0 unspecified atom stereocenters. The standard InChI is InChI=1S/C12H16N2O3/c1-9(14-16)7-10-3-5-11(6-4-10)17-8-12(15)13-2/h3-6,16H,7-8H2,1-2H3,(H,13,15)/b14-9+. The molecule has 5 heteroatoms. The van der Waals surface area contributed by atoms with E-state index in [9.17, 15) is 4.79 Å². The Balaban J connectivity index is 2.53. The molecule has 0 spiro atoms. The van der Waals surface area contributed by atoms with Crippen LogP contribution in [0.25, 0.3) is 0 Å². The molecule has 5 nitrogen and oxygen atoms in total. The summed E-state index contributed by atoms with van der Waals surface area (Å²) in [7, 11) is 1.56. The molecule has 92 valence electrons. The third-order valence-corrected chi connectivity index (χ3v) is 2.20. The van der Waals surface area contributed by atoms with Crippen LogP contribution in [0, 0.1) is 0 Å². The van der Waals surface area contributed by atoms with E-state index in [0.29, 0.717) is 17.9 Å². The molecule has 1 amide bonds. The van der Waals surface area contributed by atoms with Crippen LogP contribution in [-0.4, -0.2) is 30.5 Å². The summed E-state index contributed by atoms with van der Waals surface area (Å²) in [5, 5.41) is 14.1. The van der Waals surface area contributed by atoms with Crippen molar-refractivity contribution in [3.63, 3.8) is 0 Å². The van der Waals surface area contributed by atoms with E-state index >= 15 is 0 Å². The zero-order valence-electron chi connectivity index (χ0n) is 9.93. The normalized spacial score (nSPS) is 11.1. The number of carbonyl (C=O) groups is 1. The minimum Gasteiger partial charge on any atom is -0.484 e. The molecule has 0 heterocycles. The fourth-order valence-electron chi connectivity index (χ4n) is 1.26. The minimum absolute atomic E-state index is 0.00692. The first kappa shape index (κ1) is 13.0. The quantitative estimate of drug-likeness (QED) is 0.458. The van der Waals surface area contributed by atoms with Crippen LogP contribution in [0.4, 0.5) is 0 Å². The number of benzene rings is 1. The summed E-state index contributed by atoms with van der Waals surface area (Å²) in [6, 6.07) is 7.30. The van der Waals surface area contributed by atoms with Gasteiger partial charge in [0, 0.05) is 13.5 Å². The van der Waals surface area contributed by atoms with E-state index in [1.807, 2.05) is 12.1 Å². The second-order valence-electron chi connectivity index (χ2n) is 3.62. The highest BCUT2D eigenvalue weighted by Gasteiger charge is 2.01. The number of nitrogens with one attached hydrogen (secondary N) is 1. The molecular formula is C12H16N2O3. The zero-order chi connectivity index (χ0) is 12.7. The number of nitrogens with zero attached hydrogens (tertiary/aromatic N) is 1. The van der Waals surface area contributed by atoms with E-state index in [4.69, 9.17) is 9.94 Å². The van der Waals surface area contributed by atoms with Crippen molar-refractivity contribution in [2.45, 2.75) is 13.3 Å². The maximum atomic E-state index is 11.0. The Hall–Kier alpha value is -2.04. The van der Waals surface area contributed by atoms with E-state index in [2.05, 4.69) is 10.5 Å². The lowest BCUT2D eigenvalue weighted by atomic mass is 10.1. The Morgan fingerprint density at radius 2 is 2.06 bits per heavy atom. The maximum Gasteiger partial charge on any atom is 0.257 e. The SMILES string of the molecule is CNC(=O)COc1ccc(C/C(C)=N/O)cc1. The predicted octanol–water partition coefficient (Wildman–Crippen LogP) is 1.20. The third-order valence-electron chi connectivity index (χ3n) is 2.20. The Bertz CT molecular complexity index is 399. The molecule has 0 aliphatic carbocycles. The van der Waals surface area contributed by atoms with E-state index in [0.717, 1.165) is 5.56 Å². The lowest BCUT2D eigenvalue weighted by molar-refractivity contribution is -0.122. The highest BCUT2D eigenvalue weighted by molar-refractivity contribution is 5.83. The molecule has 1 aromatic rings. The van der Waals surface area contributed by atoms with Gasteiger partial charge in [0.1, 0.15) is 5.75 Å². The highest BCUT2D eigenvalue weighted by Crippen LogP contribution is 2.12. The predicted molar refractivity (Wildman–Crippen MR) is 64.6 cm³/mol. The molecule has 1 aromatic carbocycles. The average molecular weight is 236 g/mol. The largest absolute Gasteiger partial charge is 0.484 e. The number of amides is 1. The molecule has 1 rings (SSSR count). The number of rotatable bonds is 5. The van der Waals surface area contributed by atoms with Crippen molar-refractivity contribution in [1.82, 2.24) is 5.32 Å². The second-order valence-corrected chi connectivity index (χ2v) is 3.62. The van der Waals surface area contributed by atoms with Gasteiger partial charge in [-0.05, 0) is 24.6 Å². The molecule has 0 aliphatic rings. The smallest absolute Gasteiger partial charge is 0.257 e. The number of carbonyl (C=O) groups excluding carboxylic acids is 1. The maximum absolute atomic E-state index is 11.0. The summed E-state index contributed by atoms with van der Waals surface area (Å²) in [6.07, 6.45) is 0.590. The molecule has 0 fully saturated rings. The first-order chi connectivity index (χ1) is 8.15. The summed E-state index contributed by atoms with van der Waals surface area (Å²) < 4.78 is 5.25. The van der Waals surface area contributed by atoms with Crippen molar-refractivity contribution in [3.8, 4) is 5.75 Å². The van der Waals surface area contributed by atoms with E-state index in [-0.39, 0.29) is 12.5 Å². The number of ether oxygens (including phenoxy) is 1. The van der Waals surface area contributed by atoms with E-state index in [1.165, 1.54) is 0 Å². The van der Waals surface area contributed by atoms with Gasteiger partial charge in [0.15, 0.2) is 6.61 Å². The molecule has 0 bridgehead atoms. The first-order valence-corrected chi connectivity index (χ1v) is 5.25. The van der Waals surface area contributed by atoms with Gasteiger partial charge in [0.2, 0.25) is 0 Å². The van der Waals surface area contributed by atoms with Gasteiger partial charge in [-0.2, -0.15) is 0 Å². The molecule has 0 aliphatic heterocycles. The van der Waals surface area contributed by atoms with Crippen molar-refractivity contribution in [1.29, 1.82) is 0 Å². The van der Waals surface area contributed by atoms with Crippen LogP contribution in [0.2, 0.25) is 0 Å². The van der Waals surface area contributed by atoms with Gasteiger partial charge in [-0.3, -0.25) is 4.79 Å². The van der Waals surface area contributed by atoms with Gasteiger partial charge in [-0.15, -0.1) is 0 Å². The molecule has 0 radical (unpaired) electrons. The lowest BCUT2D eigenvalue weighted by Gasteiger charge is -2.06.